The Morgan fingerprint density at radius 3 is 2.57 bits per heavy atom. The molecule has 1 aromatic heterocycles. The molecular formula is C21H30IN5O. The van der Waals surface area contributed by atoms with Crippen molar-refractivity contribution < 1.29 is 4.74 Å². The molecule has 28 heavy (non-hydrogen) atoms. The molecule has 1 N–H and O–H groups in total. The van der Waals surface area contributed by atoms with Gasteiger partial charge in [0.15, 0.2) is 0 Å². The van der Waals surface area contributed by atoms with Crippen molar-refractivity contribution in [3.8, 4) is 0 Å². The molecule has 0 saturated carbocycles. The smallest absolute Gasteiger partial charge is 0.227 e. The number of anilines is 2. The Morgan fingerprint density at radius 2 is 1.82 bits per heavy atom. The van der Waals surface area contributed by atoms with Gasteiger partial charge >= 0.3 is 0 Å². The third kappa shape index (κ3) is 4.62. The molecule has 3 aliphatic rings. The minimum absolute atomic E-state index is 0.786. The molecule has 3 heterocycles. The van der Waals surface area contributed by atoms with Crippen molar-refractivity contribution in [2.24, 2.45) is 0 Å². The van der Waals surface area contributed by atoms with Crippen LogP contribution in [0.5, 0.6) is 0 Å². The SMILES string of the molecule is COC1=CCc2c(nc(N3CCCCC3)nc2NCCN2CCCC2)C=C1I. The van der Waals surface area contributed by atoms with Gasteiger partial charge in [-0.25, -0.2) is 4.98 Å². The molecule has 0 spiro atoms. The zero-order valence-electron chi connectivity index (χ0n) is 16.7. The molecule has 0 aromatic carbocycles. The minimum Gasteiger partial charge on any atom is -0.496 e. The lowest BCUT2D eigenvalue weighted by Crippen LogP contribution is -2.32. The predicted molar refractivity (Wildman–Crippen MR) is 123 cm³/mol. The van der Waals surface area contributed by atoms with Crippen molar-refractivity contribution in [1.82, 2.24) is 14.9 Å². The Bertz CT molecular complexity index is 751. The van der Waals surface area contributed by atoms with Crippen molar-refractivity contribution in [3.63, 3.8) is 0 Å². The van der Waals surface area contributed by atoms with Crippen LogP contribution in [0.15, 0.2) is 15.4 Å². The molecule has 152 valence electrons. The molecule has 0 bridgehead atoms. The number of hydrogen-bond donors (Lipinski definition) is 1. The quantitative estimate of drug-likeness (QED) is 0.606. The van der Waals surface area contributed by atoms with E-state index in [1.165, 1.54) is 50.8 Å². The van der Waals surface area contributed by atoms with Crippen LogP contribution >= 0.6 is 22.6 Å². The van der Waals surface area contributed by atoms with Crippen LogP contribution in [0.1, 0.15) is 43.4 Å². The van der Waals surface area contributed by atoms with E-state index in [0.29, 0.717) is 0 Å². The first-order valence-electron chi connectivity index (χ1n) is 10.5. The molecule has 1 aliphatic carbocycles. The number of hydrogen-bond acceptors (Lipinski definition) is 6. The van der Waals surface area contributed by atoms with Crippen molar-refractivity contribution in [1.29, 1.82) is 0 Å². The maximum atomic E-state index is 5.55. The fourth-order valence-corrected chi connectivity index (χ4v) is 4.93. The van der Waals surface area contributed by atoms with Gasteiger partial charge in [-0.05, 0) is 79.9 Å². The van der Waals surface area contributed by atoms with Crippen LogP contribution < -0.4 is 10.2 Å². The van der Waals surface area contributed by atoms with E-state index < -0.39 is 0 Å². The highest BCUT2D eigenvalue weighted by molar-refractivity contribution is 14.1. The molecule has 2 aliphatic heterocycles. The van der Waals surface area contributed by atoms with Crippen LogP contribution in [0, 0.1) is 0 Å². The van der Waals surface area contributed by atoms with Gasteiger partial charge in [0.1, 0.15) is 11.6 Å². The lowest BCUT2D eigenvalue weighted by molar-refractivity contribution is 0.305. The highest BCUT2D eigenvalue weighted by Gasteiger charge is 2.21. The Labute approximate surface area is 181 Å². The molecule has 0 atom stereocenters. The van der Waals surface area contributed by atoms with E-state index >= 15 is 0 Å². The highest BCUT2D eigenvalue weighted by atomic mass is 127. The number of ether oxygens (including phenoxy) is 1. The third-order valence-corrected chi connectivity index (χ3v) is 6.64. The van der Waals surface area contributed by atoms with E-state index in [0.717, 1.165) is 59.4 Å². The number of likely N-dealkylation sites (tertiary alicyclic amines) is 1. The van der Waals surface area contributed by atoms with Gasteiger partial charge in [-0.1, -0.05) is 0 Å². The van der Waals surface area contributed by atoms with Gasteiger partial charge < -0.3 is 19.9 Å². The standard InChI is InChI=1S/C21H30IN5O/c1-28-19-8-7-16-18(15-17(19)22)24-21(27-12-3-2-4-13-27)25-20(16)23-9-14-26-10-5-6-11-26/h8,15H,2-7,9-14H2,1H3,(H,23,24,25). The van der Waals surface area contributed by atoms with E-state index in [2.05, 4.69) is 49.9 Å². The second-order valence-corrected chi connectivity index (χ2v) is 8.89. The summed E-state index contributed by atoms with van der Waals surface area (Å²) in [6, 6.07) is 0. The van der Waals surface area contributed by atoms with Crippen LogP contribution in [0.2, 0.25) is 0 Å². The summed E-state index contributed by atoms with van der Waals surface area (Å²) in [5.41, 5.74) is 2.19. The number of nitrogens with zero attached hydrogens (tertiary/aromatic N) is 4. The number of rotatable bonds is 6. The summed E-state index contributed by atoms with van der Waals surface area (Å²) in [5, 5.41) is 3.63. The molecule has 2 saturated heterocycles. The first-order chi connectivity index (χ1) is 13.7. The number of fused-ring (bicyclic) bond motifs is 1. The highest BCUT2D eigenvalue weighted by Crippen LogP contribution is 2.31. The van der Waals surface area contributed by atoms with E-state index in [9.17, 15) is 0 Å². The van der Waals surface area contributed by atoms with Crippen LogP contribution in [-0.2, 0) is 11.2 Å². The van der Waals surface area contributed by atoms with Crippen LogP contribution in [0.4, 0.5) is 11.8 Å². The average molecular weight is 495 g/mol. The molecule has 0 radical (unpaired) electrons. The zero-order chi connectivity index (χ0) is 19.3. The topological polar surface area (TPSA) is 53.5 Å². The second kappa shape index (κ2) is 9.43. The van der Waals surface area contributed by atoms with E-state index in [1.54, 1.807) is 7.11 Å². The van der Waals surface area contributed by atoms with E-state index in [4.69, 9.17) is 14.7 Å². The number of aromatic nitrogens is 2. The van der Waals surface area contributed by atoms with E-state index in [1.807, 2.05) is 0 Å². The Kier molecular flexibility index (Phi) is 6.72. The van der Waals surface area contributed by atoms with E-state index in [-0.39, 0.29) is 0 Å². The second-order valence-electron chi connectivity index (χ2n) is 7.73. The van der Waals surface area contributed by atoms with Crippen molar-refractivity contribution in [2.75, 3.05) is 56.6 Å². The van der Waals surface area contributed by atoms with Crippen LogP contribution in [0.25, 0.3) is 6.08 Å². The molecular weight excluding hydrogens is 465 g/mol. The monoisotopic (exact) mass is 495 g/mol. The Hall–Kier alpha value is -1.35. The number of methoxy groups -OCH3 is 1. The number of piperidine rings is 1. The molecule has 0 amide bonds. The molecule has 1 aromatic rings. The maximum absolute atomic E-state index is 5.55. The summed E-state index contributed by atoms with van der Waals surface area (Å²) >= 11 is 2.34. The largest absolute Gasteiger partial charge is 0.496 e. The Morgan fingerprint density at radius 1 is 1.07 bits per heavy atom. The van der Waals surface area contributed by atoms with Crippen molar-refractivity contribution in [2.45, 2.75) is 38.5 Å². The van der Waals surface area contributed by atoms with Crippen molar-refractivity contribution in [3.05, 3.63) is 26.7 Å². The van der Waals surface area contributed by atoms with Gasteiger partial charge in [-0.15, -0.1) is 0 Å². The summed E-state index contributed by atoms with van der Waals surface area (Å²) in [5.74, 6) is 2.77. The van der Waals surface area contributed by atoms with Gasteiger partial charge in [-0.3, -0.25) is 0 Å². The molecule has 2 fully saturated rings. The Balaban J connectivity index is 1.60. The van der Waals surface area contributed by atoms with Gasteiger partial charge in [-0.2, -0.15) is 4.98 Å². The summed E-state index contributed by atoms with van der Waals surface area (Å²) in [7, 11) is 1.73. The van der Waals surface area contributed by atoms with Gasteiger partial charge in [0.25, 0.3) is 0 Å². The lowest BCUT2D eigenvalue weighted by atomic mass is 10.1. The first-order valence-corrected chi connectivity index (χ1v) is 11.6. The summed E-state index contributed by atoms with van der Waals surface area (Å²) in [4.78, 5) is 14.8. The molecule has 0 unspecified atom stereocenters. The lowest BCUT2D eigenvalue weighted by Gasteiger charge is -2.28. The number of allylic oxidation sites excluding steroid dienone is 2. The predicted octanol–water partition coefficient (Wildman–Crippen LogP) is 3.84. The van der Waals surface area contributed by atoms with Crippen LogP contribution in [-0.4, -0.2) is 61.2 Å². The number of halogens is 1. The fourth-order valence-electron chi connectivity index (χ4n) is 4.19. The van der Waals surface area contributed by atoms with Gasteiger partial charge in [0, 0.05) is 38.2 Å². The van der Waals surface area contributed by atoms with Gasteiger partial charge in [0.05, 0.1) is 16.4 Å². The number of nitrogens with one attached hydrogen (secondary N) is 1. The summed E-state index contributed by atoms with van der Waals surface area (Å²) < 4.78 is 6.64. The normalized spacial score (nSPS) is 20.3. The molecule has 7 heteroatoms. The first kappa shape index (κ1) is 19.9. The van der Waals surface area contributed by atoms with Crippen LogP contribution in [0.3, 0.4) is 0 Å². The molecule has 6 nitrogen and oxygen atoms in total. The maximum Gasteiger partial charge on any atom is 0.227 e. The summed E-state index contributed by atoms with van der Waals surface area (Å²) in [6.45, 7) is 6.55. The van der Waals surface area contributed by atoms with Crippen molar-refractivity contribution >= 4 is 40.4 Å². The zero-order valence-corrected chi connectivity index (χ0v) is 18.9. The average Bonchev–Trinajstić information content (AvgIpc) is 3.17. The minimum atomic E-state index is 0.786. The third-order valence-electron chi connectivity index (χ3n) is 5.80. The summed E-state index contributed by atoms with van der Waals surface area (Å²) in [6.07, 6.45) is 11.5. The molecule has 4 rings (SSSR count). The fraction of sp³-hybridized carbons (Fsp3) is 0.619. The van der Waals surface area contributed by atoms with Gasteiger partial charge in [0.2, 0.25) is 5.95 Å².